The third-order valence-electron chi connectivity index (χ3n) is 6.97. The van der Waals surface area contributed by atoms with Gasteiger partial charge in [-0.1, -0.05) is 55.2 Å². The fourth-order valence-electron chi connectivity index (χ4n) is 4.20. The number of benzene rings is 1. The van der Waals surface area contributed by atoms with Crippen molar-refractivity contribution in [2.45, 2.75) is 54.7 Å². The second kappa shape index (κ2) is 26.6. The maximum atomic E-state index is 12.2. The second-order valence-electron chi connectivity index (χ2n) is 11.3. The van der Waals surface area contributed by atoms with E-state index in [1.807, 2.05) is 17.9 Å². The minimum Gasteiger partial charge on any atom is -0.490 e. The van der Waals surface area contributed by atoms with Gasteiger partial charge in [0.15, 0.2) is 5.34 Å². The lowest BCUT2D eigenvalue weighted by molar-refractivity contribution is -0.126. The quantitative estimate of drug-likeness (QED) is 0.0172. The first-order valence-corrected chi connectivity index (χ1v) is 24.1. The molecular weight excluding hydrogens is 806 g/mol. The summed E-state index contributed by atoms with van der Waals surface area (Å²) in [5, 5.41) is 14.7. The van der Waals surface area contributed by atoms with Crippen molar-refractivity contribution in [1.29, 1.82) is 5.26 Å². The van der Waals surface area contributed by atoms with Crippen molar-refractivity contribution in [3.63, 3.8) is 0 Å². The standard InChI is InChI=1S/C31H47BN4O11PS5/c1-31(2,48(39,40)41)45-17-25-24(47-29(53-50-4)20-51-21-34)16-26(46-25)32-9-6-11-35-27(37)18-42-13-14-43-28(52-49-3)19-44-23-8-5-7-22(15-23)30(38)36-12-10-33/h5,7-8,15,24-26,28-29H,10-14,16-20,33H2,1-4H3,(H,35,37)(H,36,38)(H2,39,40,41)/t24-,25?,26-,28?,29+/m1/s1. The van der Waals surface area contributed by atoms with E-state index in [-0.39, 0.29) is 62.3 Å². The van der Waals surface area contributed by atoms with Gasteiger partial charge in [-0.25, -0.2) is 0 Å². The van der Waals surface area contributed by atoms with Gasteiger partial charge in [-0.05, 0) is 62.7 Å². The molecule has 0 saturated carbocycles. The highest BCUT2D eigenvalue weighted by Gasteiger charge is 2.43. The number of hydrogen-bond acceptors (Lipinski definition) is 16. The Balaban J connectivity index is 1.75. The van der Waals surface area contributed by atoms with Crippen molar-refractivity contribution in [1.82, 2.24) is 10.6 Å². The van der Waals surface area contributed by atoms with Crippen molar-refractivity contribution in [2.24, 2.45) is 5.73 Å². The summed E-state index contributed by atoms with van der Waals surface area (Å²) in [6.07, 6.45) is 3.12. The fraction of sp³-hybridized carbons (Fsp3) is 0.645. The SMILES string of the molecule is CSSC(COc1cccc(C(=O)NCCN)c1)OCCOCC(=O)NCC#C[B][C@H]1C[C@@H](O[C@H](CSC#N)SSC)C(COC(C)(C)P(=O)(O)O)O1. The van der Waals surface area contributed by atoms with E-state index in [1.54, 1.807) is 31.5 Å². The van der Waals surface area contributed by atoms with Gasteiger partial charge in [0.05, 0.1) is 32.5 Å². The molecule has 0 aliphatic carbocycles. The fourth-order valence-corrected chi connectivity index (χ4v) is 8.31. The van der Waals surface area contributed by atoms with Crippen molar-refractivity contribution in [3.05, 3.63) is 29.8 Å². The monoisotopic (exact) mass is 853 g/mol. The number of thiocyanates is 1. The lowest BCUT2D eigenvalue weighted by atomic mass is 9.71. The van der Waals surface area contributed by atoms with E-state index >= 15 is 0 Å². The molecule has 1 aliphatic heterocycles. The zero-order valence-corrected chi connectivity index (χ0v) is 34.9. The Labute approximate surface area is 332 Å². The zero-order valence-electron chi connectivity index (χ0n) is 29.9. The molecule has 0 aromatic heterocycles. The van der Waals surface area contributed by atoms with Crippen LogP contribution in [0.2, 0.25) is 0 Å². The molecule has 295 valence electrons. The van der Waals surface area contributed by atoms with Gasteiger partial charge in [0.1, 0.15) is 41.3 Å². The molecule has 6 N–H and O–H groups in total. The van der Waals surface area contributed by atoms with Crippen LogP contribution in [0.4, 0.5) is 0 Å². The molecule has 15 nitrogen and oxygen atoms in total. The number of rotatable bonds is 26. The van der Waals surface area contributed by atoms with E-state index in [0.29, 0.717) is 36.6 Å². The molecule has 0 spiro atoms. The van der Waals surface area contributed by atoms with Crippen molar-refractivity contribution >= 4 is 81.6 Å². The highest BCUT2D eigenvalue weighted by atomic mass is 33.1. The maximum Gasteiger partial charge on any atom is 0.356 e. The number of amides is 2. The summed E-state index contributed by atoms with van der Waals surface area (Å²) >= 11 is 1.07. The first kappa shape index (κ1) is 47.9. The normalized spacial score (nSPS) is 18.3. The van der Waals surface area contributed by atoms with Crippen molar-refractivity contribution in [2.75, 3.05) is 70.9 Å². The smallest absolute Gasteiger partial charge is 0.356 e. The molecule has 1 fully saturated rings. The molecule has 1 aromatic rings. The average Bonchev–Trinajstić information content (AvgIpc) is 3.51. The molecule has 22 heteroatoms. The Hall–Kier alpha value is -1.27. The van der Waals surface area contributed by atoms with Crippen LogP contribution in [-0.4, -0.2) is 134 Å². The van der Waals surface area contributed by atoms with Crippen LogP contribution < -0.4 is 21.1 Å². The molecule has 1 aromatic carbocycles. The van der Waals surface area contributed by atoms with Gasteiger partial charge in [0, 0.05) is 30.4 Å². The van der Waals surface area contributed by atoms with Crippen LogP contribution in [-0.2, 0) is 33.0 Å². The van der Waals surface area contributed by atoms with E-state index in [0.717, 1.165) is 11.8 Å². The van der Waals surface area contributed by atoms with E-state index in [4.69, 9.17) is 39.4 Å². The van der Waals surface area contributed by atoms with Gasteiger partial charge in [0.25, 0.3) is 13.2 Å². The predicted molar refractivity (Wildman–Crippen MR) is 215 cm³/mol. The summed E-state index contributed by atoms with van der Waals surface area (Å²) in [6.45, 7) is 3.77. The van der Waals surface area contributed by atoms with Crippen molar-refractivity contribution in [3.8, 4) is 22.9 Å². The molecular formula is C31H47BN4O11PS5. The number of nitriles is 1. The first-order chi connectivity index (χ1) is 25.3. The molecule has 1 heterocycles. The number of carbonyl (C=O) groups is 2. The molecule has 2 amide bonds. The summed E-state index contributed by atoms with van der Waals surface area (Å²) in [6, 6.07) is 6.38. The van der Waals surface area contributed by atoms with Crippen LogP contribution in [0.15, 0.2) is 24.3 Å². The molecule has 1 aliphatic rings. The zero-order chi connectivity index (χ0) is 39.1. The minimum absolute atomic E-state index is 0.0718. The Morgan fingerprint density at radius 3 is 2.64 bits per heavy atom. The molecule has 1 saturated heterocycles. The molecule has 2 rings (SSSR count). The van der Waals surface area contributed by atoms with E-state index in [1.165, 1.54) is 57.0 Å². The second-order valence-corrected chi connectivity index (χ2v) is 19.5. The number of carbonyl (C=O) groups excluding carboxylic acids is 2. The minimum atomic E-state index is -4.55. The Bertz CT molecular complexity index is 1420. The topological polar surface area (TPSA) is 221 Å². The van der Waals surface area contributed by atoms with Gasteiger partial charge in [-0.3, -0.25) is 14.2 Å². The number of ether oxygens (including phenoxy) is 6. The Morgan fingerprint density at radius 1 is 1.19 bits per heavy atom. The number of nitrogens with zero attached hydrogens (tertiary/aromatic N) is 1. The van der Waals surface area contributed by atoms with Gasteiger partial charge >= 0.3 is 7.60 Å². The number of nitrogens with two attached hydrogens (primary N) is 1. The number of hydrogen-bond donors (Lipinski definition) is 5. The third kappa shape index (κ3) is 19.4. The summed E-state index contributed by atoms with van der Waals surface area (Å²) in [4.78, 5) is 43.7. The largest absolute Gasteiger partial charge is 0.490 e. The van der Waals surface area contributed by atoms with E-state index in [2.05, 4.69) is 22.4 Å². The van der Waals surface area contributed by atoms with Crippen LogP contribution in [0.5, 0.6) is 5.75 Å². The maximum absolute atomic E-state index is 12.2. The Morgan fingerprint density at radius 2 is 1.94 bits per heavy atom. The summed E-state index contributed by atoms with van der Waals surface area (Å²) in [7, 11) is 3.04. The summed E-state index contributed by atoms with van der Waals surface area (Å²) in [5.74, 6) is 6.10. The average molecular weight is 854 g/mol. The van der Waals surface area contributed by atoms with Crippen LogP contribution >= 0.6 is 62.5 Å². The molecule has 2 unspecified atom stereocenters. The summed E-state index contributed by atoms with van der Waals surface area (Å²) in [5.41, 5.74) is 5.27. The molecule has 1 radical (unpaired) electrons. The first-order valence-electron chi connectivity index (χ1n) is 16.2. The van der Waals surface area contributed by atoms with Crippen LogP contribution in [0.3, 0.4) is 0 Å². The van der Waals surface area contributed by atoms with E-state index < -0.39 is 31.1 Å². The van der Waals surface area contributed by atoms with Gasteiger partial charge < -0.3 is 54.6 Å². The van der Waals surface area contributed by atoms with Gasteiger partial charge in [-0.15, -0.1) is 0 Å². The lowest BCUT2D eigenvalue weighted by Gasteiger charge is -2.29. The number of nitrogens with one attached hydrogen (secondary N) is 2. The van der Waals surface area contributed by atoms with Gasteiger partial charge in [-0.2, -0.15) is 11.1 Å². The van der Waals surface area contributed by atoms with Crippen molar-refractivity contribution < 1.29 is 52.4 Å². The number of thioether (sulfide) groups is 1. The lowest BCUT2D eigenvalue weighted by Crippen LogP contribution is -2.36. The van der Waals surface area contributed by atoms with Gasteiger partial charge in [0.2, 0.25) is 5.91 Å². The molecule has 5 atom stereocenters. The Kier molecular flexibility index (Phi) is 24.0. The molecule has 53 heavy (non-hydrogen) atoms. The third-order valence-corrected chi connectivity index (χ3v) is 13.1. The van der Waals surface area contributed by atoms with E-state index in [9.17, 15) is 23.9 Å². The summed E-state index contributed by atoms with van der Waals surface area (Å²) < 4.78 is 46.9. The molecule has 0 bridgehead atoms. The highest BCUT2D eigenvalue weighted by molar-refractivity contribution is 8.77. The van der Waals surface area contributed by atoms with Crippen LogP contribution in [0.1, 0.15) is 30.6 Å². The highest BCUT2D eigenvalue weighted by Crippen LogP contribution is 2.51. The van der Waals surface area contributed by atoms with Crippen LogP contribution in [0, 0.1) is 22.4 Å². The predicted octanol–water partition coefficient (Wildman–Crippen LogP) is 2.89. The van der Waals surface area contributed by atoms with Crippen LogP contribution in [0.25, 0.3) is 0 Å².